The fraction of sp³-hybridized carbons (Fsp3) is 0.333. The van der Waals surface area contributed by atoms with Gasteiger partial charge >= 0.3 is 11.9 Å². The van der Waals surface area contributed by atoms with E-state index in [-0.39, 0.29) is 28.2 Å². The third-order valence-electron chi connectivity index (χ3n) is 2.20. The van der Waals surface area contributed by atoms with Gasteiger partial charge in [-0.3, -0.25) is 10.1 Å². The Bertz CT molecular complexity index is 451. The van der Waals surface area contributed by atoms with Crippen LogP contribution in [-0.4, -0.2) is 33.6 Å². The second-order valence-electron chi connectivity index (χ2n) is 3.64. The lowest BCUT2D eigenvalue weighted by molar-refractivity contribution is -0.479. The number of carbonyl (C=O) groups is 2. The van der Waals surface area contributed by atoms with E-state index in [1.165, 1.54) is 25.1 Å². The van der Waals surface area contributed by atoms with Crippen LogP contribution in [0, 0.1) is 17.0 Å². The Hall–Kier alpha value is -2.44. The third-order valence-corrected chi connectivity index (χ3v) is 2.20. The highest BCUT2D eigenvalue weighted by Gasteiger charge is 2.13. The van der Waals surface area contributed by atoms with Crippen molar-refractivity contribution in [1.82, 2.24) is 0 Å². The summed E-state index contributed by atoms with van der Waals surface area (Å²) in [5.41, 5.74) is 0.335. The predicted octanol–water partition coefficient (Wildman–Crippen LogP) is 2.06. The molecule has 0 saturated carbocycles. The van der Waals surface area contributed by atoms with Gasteiger partial charge in [0.25, 0.3) is 0 Å². The molecule has 19 heavy (non-hydrogen) atoms. The van der Waals surface area contributed by atoms with Crippen LogP contribution >= 0.6 is 0 Å². The molecule has 1 aromatic carbocycles. The van der Waals surface area contributed by atoms with E-state index in [0.29, 0.717) is 6.42 Å². The Morgan fingerprint density at radius 1 is 1.21 bits per heavy atom. The van der Waals surface area contributed by atoms with Gasteiger partial charge in [-0.25, -0.2) is 9.59 Å². The zero-order valence-electron chi connectivity index (χ0n) is 10.6. The molecule has 0 bridgehead atoms. The summed E-state index contributed by atoms with van der Waals surface area (Å²) in [6, 6.07) is 4.17. The summed E-state index contributed by atoms with van der Waals surface area (Å²) in [6.07, 6.45) is 0.632. The number of nitro groups is 1. The highest BCUT2D eigenvalue weighted by atomic mass is 16.6. The van der Waals surface area contributed by atoms with E-state index in [9.17, 15) is 19.7 Å². The second-order valence-corrected chi connectivity index (χ2v) is 3.64. The zero-order chi connectivity index (χ0) is 15.0. The molecule has 0 aliphatic carbocycles. The molecule has 0 spiro atoms. The average Bonchev–Trinajstić information content (AvgIpc) is 2.28. The number of rotatable bonds is 4. The molecule has 0 aromatic heterocycles. The van der Waals surface area contributed by atoms with Gasteiger partial charge in [-0.05, 0) is 24.6 Å². The van der Waals surface area contributed by atoms with E-state index < -0.39 is 11.9 Å². The first-order valence-electron chi connectivity index (χ1n) is 5.49. The van der Waals surface area contributed by atoms with Crippen molar-refractivity contribution in [2.75, 3.05) is 6.54 Å². The van der Waals surface area contributed by atoms with Crippen molar-refractivity contribution >= 4 is 11.9 Å². The maximum absolute atomic E-state index is 10.6. The maximum Gasteiger partial charge on any atom is 0.335 e. The smallest absolute Gasteiger partial charge is 0.335 e. The van der Waals surface area contributed by atoms with Gasteiger partial charge in [0.2, 0.25) is 6.54 Å². The minimum atomic E-state index is -1.11. The van der Waals surface area contributed by atoms with Gasteiger partial charge in [0, 0.05) is 11.3 Å². The van der Waals surface area contributed by atoms with E-state index in [2.05, 4.69) is 0 Å². The molecule has 0 aliphatic heterocycles. The number of carboxylic acid groups (broad SMARTS) is 2. The van der Waals surface area contributed by atoms with E-state index >= 15 is 0 Å². The number of hydrogen-bond acceptors (Lipinski definition) is 4. The molecule has 7 heteroatoms. The first-order chi connectivity index (χ1) is 8.81. The van der Waals surface area contributed by atoms with Crippen LogP contribution in [0.5, 0.6) is 0 Å². The molecule has 2 N–H and O–H groups in total. The molecule has 0 atom stereocenters. The number of nitrogens with zero attached hydrogens (tertiary/aromatic N) is 1. The van der Waals surface area contributed by atoms with Crippen molar-refractivity contribution in [3.63, 3.8) is 0 Å². The van der Waals surface area contributed by atoms with Gasteiger partial charge in [0.1, 0.15) is 0 Å². The van der Waals surface area contributed by atoms with Gasteiger partial charge < -0.3 is 10.2 Å². The van der Waals surface area contributed by atoms with Crippen molar-refractivity contribution in [3.05, 3.63) is 45.0 Å². The Morgan fingerprint density at radius 3 is 1.84 bits per heavy atom. The van der Waals surface area contributed by atoms with E-state index in [1.807, 2.05) is 0 Å². The van der Waals surface area contributed by atoms with Gasteiger partial charge in [0.05, 0.1) is 11.1 Å². The lowest BCUT2D eigenvalue weighted by atomic mass is 10.0. The van der Waals surface area contributed by atoms with Crippen molar-refractivity contribution in [2.45, 2.75) is 20.3 Å². The number of aromatic carboxylic acids is 2. The van der Waals surface area contributed by atoms with Crippen molar-refractivity contribution in [3.8, 4) is 0 Å². The lowest BCUT2D eigenvalue weighted by Gasteiger charge is -2.03. The Kier molecular flexibility index (Phi) is 6.80. The summed E-state index contributed by atoms with van der Waals surface area (Å²) in [7, 11) is 0. The predicted molar refractivity (Wildman–Crippen MR) is 67.3 cm³/mol. The minimum absolute atomic E-state index is 0.0277. The summed E-state index contributed by atoms with van der Waals surface area (Å²) in [5.74, 6) is -2.22. The molecular formula is C12H15NO6. The van der Waals surface area contributed by atoms with Crippen molar-refractivity contribution < 1.29 is 24.7 Å². The Labute approximate surface area is 109 Å². The molecule has 1 aromatic rings. The van der Waals surface area contributed by atoms with Crippen LogP contribution in [0.25, 0.3) is 0 Å². The molecular weight excluding hydrogens is 254 g/mol. The molecule has 1 rings (SSSR count). The highest BCUT2D eigenvalue weighted by molar-refractivity contribution is 5.96. The first-order valence-corrected chi connectivity index (χ1v) is 5.49. The summed E-state index contributed by atoms with van der Waals surface area (Å²) in [6.45, 7) is 3.36. The number of hydrogen-bond donors (Lipinski definition) is 2. The molecule has 7 nitrogen and oxygen atoms in total. The SMILES string of the molecule is CCC[N+](=O)[O-].Cc1c(C(=O)O)cccc1C(=O)O. The topological polar surface area (TPSA) is 118 Å². The van der Waals surface area contributed by atoms with Crippen LogP contribution in [0.1, 0.15) is 39.6 Å². The molecule has 0 amide bonds. The summed E-state index contributed by atoms with van der Waals surface area (Å²) in [5, 5.41) is 26.8. The largest absolute Gasteiger partial charge is 0.478 e. The number of carboxylic acids is 2. The van der Waals surface area contributed by atoms with Gasteiger partial charge in [-0.2, -0.15) is 0 Å². The molecule has 104 valence electrons. The molecule has 0 aliphatic rings. The lowest BCUT2D eigenvalue weighted by Crippen LogP contribution is -2.06. The summed E-state index contributed by atoms with van der Waals surface area (Å²) < 4.78 is 0. The quantitative estimate of drug-likeness (QED) is 0.638. The van der Waals surface area contributed by atoms with Crippen LogP contribution in [0.2, 0.25) is 0 Å². The fourth-order valence-corrected chi connectivity index (χ4v) is 1.28. The monoisotopic (exact) mass is 269 g/mol. The van der Waals surface area contributed by atoms with Gasteiger partial charge in [-0.1, -0.05) is 13.0 Å². The van der Waals surface area contributed by atoms with Gasteiger partial charge in [-0.15, -0.1) is 0 Å². The zero-order valence-corrected chi connectivity index (χ0v) is 10.6. The Morgan fingerprint density at radius 2 is 1.63 bits per heavy atom. The van der Waals surface area contributed by atoms with Crippen LogP contribution in [0.15, 0.2) is 18.2 Å². The number of benzene rings is 1. The Balaban J connectivity index is 0.000000459. The third kappa shape index (κ3) is 5.62. The second kappa shape index (κ2) is 7.80. The van der Waals surface area contributed by atoms with Crippen molar-refractivity contribution in [2.24, 2.45) is 0 Å². The van der Waals surface area contributed by atoms with Crippen LogP contribution < -0.4 is 0 Å². The minimum Gasteiger partial charge on any atom is -0.478 e. The molecule has 0 saturated heterocycles. The first kappa shape index (κ1) is 16.6. The van der Waals surface area contributed by atoms with Crippen LogP contribution in [-0.2, 0) is 0 Å². The average molecular weight is 269 g/mol. The highest BCUT2D eigenvalue weighted by Crippen LogP contribution is 2.13. The summed E-state index contributed by atoms with van der Waals surface area (Å²) in [4.78, 5) is 30.3. The molecule has 0 heterocycles. The molecule has 0 radical (unpaired) electrons. The summed E-state index contributed by atoms with van der Waals surface area (Å²) >= 11 is 0. The van der Waals surface area contributed by atoms with Crippen LogP contribution in [0.3, 0.4) is 0 Å². The standard InChI is InChI=1S/C9H8O4.C3H7NO2/c1-5-6(8(10)11)3-2-4-7(5)9(12)13;1-2-3-4(5)6/h2-4H,1H3,(H,10,11)(H,12,13);2-3H2,1H3. The van der Waals surface area contributed by atoms with E-state index in [4.69, 9.17) is 10.2 Å². The molecule has 0 unspecified atom stereocenters. The van der Waals surface area contributed by atoms with E-state index in [0.717, 1.165) is 0 Å². The van der Waals surface area contributed by atoms with E-state index in [1.54, 1.807) is 6.92 Å². The fourth-order valence-electron chi connectivity index (χ4n) is 1.28. The molecule has 0 fully saturated rings. The van der Waals surface area contributed by atoms with Gasteiger partial charge in [0.15, 0.2) is 0 Å². The maximum atomic E-state index is 10.6. The van der Waals surface area contributed by atoms with Crippen molar-refractivity contribution in [1.29, 1.82) is 0 Å². The normalized spacial score (nSPS) is 9.16. The van der Waals surface area contributed by atoms with Crippen LogP contribution in [0.4, 0.5) is 0 Å².